The van der Waals surface area contributed by atoms with Gasteiger partial charge in [-0.15, -0.1) is 0 Å². The van der Waals surface area contributed by atoms with Crippen molar-refractivity contribution in [3.63, 3.8) is 0 Å². The predicted octanol–water partition coefficient (Wildman–Crippen LogP) is 2.10. The number of hydrogen-bond donors (Lipinski definition) is 1. The van der Waals surface area contributed by atoms with Gasteiger partial charge in [0, 0.05) is 31.2 Å². The molecule has 1 N–H and O–H groups in total. The Bertz CT molecular complexity index is 1060. The summed E-state index contributed by atoms with van der Waals surface area (Å²) in [6.45, 7) is 7.06. The lowest BCUT2D eigenvalue weighted by Gasteiger charge is -2.33. The van der Waals surface area contributed by atoms with Crippen LogP contribution in [0.2, 0.25) is 0 Å². The summed E-state index contributed by atoms with van der Waals surface area (Å²) in [5, 5.41) is 3.03. The van der Waals surface area contributed by atoms with Crippen LogP contribution in [0, 0.1) is 6.92 Å². The molecule has 168 valence electrons. The summed E-state index contributed by atoms with van der Waals surface area (Å²) >= 11 is 0. The normalized spacial score (nSPS) is 20.5. The van der Waals surface area contributed by atoms with E-state index in [1.165, 1.54) is 10.6 Å². The van der Waals surface area contributed by atoms with Crippen LogP contribution in [0.1, 0.15) is 40.4 Å². The molecule has 8 nitrogen and oxygen atoms in total. The van der Waals surface area contributed by atoms with Crippen LogP contribution in [-0.2, 0) is 21.2 Å². The second-order valence-electron chi connectivity index (χ2n) is 8.28. The van der Waals surface area contributed by atoms with Crippen LogP contribution in [0.25, 0.3) is 0 Å². The van der Waals surface area contributed by atoms with Gasteiger partial charge in [0.15, 0.2) is 0 Å². The second kappa shape index (κ2) is 8.64. The molecule has 2 aliphatic heterocycles. The molecule has 1 aromatic carbocycles. The van der Waals surface area contributed by atoms with Crippen molar-refractivity contribution in [2.45, 2.75) is 32.4 Å². The quantitative estimate of drug-likeness (QED) is 0.729. The fourth-order valence-corrected chi connectivity index (χ4v) is 5.74. The van der Waals surface area contributed by atoms with Gasteiger partial charge in [-0.3, -0.25) is 14.0 Å². The zero-order valence-electron chi connectivity index (χ0n) is 18.1. The number of sulfonamides is 1. The number of morpholine rings is 1. The summed E-state index contributed by atoms with van der Waals surface area (Å²) in [7, 11) is -3.35. The number of aryl methyl sites for hydroxylation is 1. The van der Waals surface area contributed by atoms with Crippen LogP contribution in [0.3, 0.4) is 0 Å². The van der Waals surface area contributed by atoms with Crippen molar-refractivity contribution < 1.29 is 22.4 Å². The minimum Gasteiger partial charge on any atom is -0.465 e. The standard InChI is InChI=1S/C22H29N3O5S/c1-15-12-18-13-17(5-6-19(18)25(15)31(3,27)28)22(26)23-14-20(21-7-4-16(2)30-21)24-8-10-29-11-9-24/h4-7,13,15,20H,8-12,14H2,1-3H3,(H,23,26)/t15-,20+/m0/s1. The molecule has 0 bridgehead atoms. The molecule has 3 heterocycles. The van der Waals surface area contributed by atoms with Crippen LogP contribution in [0.4, 0.5) is 5.69 Å². The molecule has 2 aromatic rings. The number of nitrogens with zero attached hydrogens (tertiary/aromatic N) is 2. The first-order chi connectivity index (χ1) is 14.7. The number of ether oxygens (including phenoxy) is 1. The Morgan fingerprint density at radius 1 is 1.23 bits per heavy atom. The molecular formula is C22H29N3O5S. The minimum absolute atomic E-state index is 0.0725. The van der Waals surface area contributed by atoms with Crippen LogP contribution in [0.15, 0.2) is 34.7 Å². The molecule has 0 spiro atoms. The summed E-state index contributed by atoms with van der Waals surface area (Å²) in [5.41, 5.74) is 2.05. The Morgan fingerprint density at radius 2 is 1.97 bits per heavy atom. The average molecular weight is 448 g/mol. The van der Waals surface area contributed by atoms with Gasteiger partial charge in [0.05, 0.1) is 31.2 Å². The number of anilines is 1. The summed E-state index contributed by atoms with van der Waals surface area (Å²) in [6, 6.07) is 8.87. The zero-order chi connectivity index (χ0) is 22.2. The number of carbonyl (C=O) groups excluding carboxylic acids is 1. The first-order valence-electron chi connectivity index (χ1n) is 10.5. The third-order valence-electron chi connectivity index (χ3n) is 5.88. The Labute approximate surface area is 183 Å². The first kappa shape index (κ1) is 21.9. The minimum atomic E-state index is -3.35. The van der Waals surface area contributed by atoms with Gasteiger partial charge in [-0.2, -0.15) is 0 Å². The lowest BCUT2D eigenvalue weighted by molar-refractivity contribution is 0.0117. The summed E-state index contributed by atoms with van der Waals surface area (Å²) in [4.78, 5) is 15.2. The zero-order valence-corrected chi connectivity index (χ0v) is 18.9. The van der Waals surface area contributed by atoms with Gasteiger partial charge in [0.2, 0.25) is 10.0 Å². The molecule has 0 aliphatic carbocycles. The lowest BCUT2D eigenvalue weighted by Crippen LogP contribution is -2.43. The molecule has 2 aliphatic rings. The van der Waals surface area contributed by atoms with E-state index >= 15 is 0 Å². The van der Waals surface area contributed by atoms with E-state index in [4.69, 9.17) is 9.15 Å². The van der Waals surface area contributed by atoms with Crippen LogP contribution in [0.5, 0.6) is 0 Å². The molecule has 1 amide bonds. The van der Waals surface area contributed by atoms with E-state index in [1.54, 1.807) is 18.2 Å². The van der Waals surface area contributed by atoms with Crippen molar-refractivity contribution >= 4 is 21.6 Å². The van der Waals surface area contributed by atoms with E-state index in [2.05, 4.69) is 10.2 Å². The summed E-state index contributed by atoms with van der Waals surface area (Å²) < 4.78 is 37.0. The van der Waals surface area contributed by atoms with Crippen LogP contribution >= 0.6 is 0 Å². The predicted molar refractivity (Wildman–Crippen MR) is 118 cm³/mol. The highest BCUT2D eigenvalue weighted by atomic mass is 32.2. The van der Waals surface area contributed by atoms with Crippen LogP contribution in [-0.4, -0.2) is 64.4 Å². The fraction of sp³-hybridized carbons (Fsp3) is 0.500. The molecule has 9 heteroatoms. The van der Waals surface area contributed by atoms with E-state index in [1.807, 2.05) is 26.0 Å². The van der Waals surface area contributed by atoms with Crippen molar-refractivity contribution in [3.05, 3.63) is 53.0 Å². The average Bonchev–Trinajstić information content (AvgIpc) is 3.30. The highest BCUT2D eigenvalue weighted by molar-refractivity contribution is 7.92. The molecule has 2 atom stereocenters. The number of fused-ring (bicyclic) bond motifs is 1. The smallest absolute Gasteiger partial charge is 0.251 e. The lowest BCUT2D eigenvalue weighted by atomic mass is 10.1. The van der Waals surface area contributed by atoms with E-state index in [0.717, 1.165) is 30.2 Å². The summed E-state index contributed by atoms with van der Waals surface area (Å²) in [5.74, 6) is 1.48. The number of amides is 1. The van der Waals surface area contributed by atoms with E-state index < -0.39 is 10.0 Å². The Balaban J connectivity index is 1.49. The van der Waals surface area contributed by atoms with E-state index in [0.29, 0.717) is 37.4 Å². The molecule has 0 unspecified atom stereocenters. The van der Waals surface area contributed by atoms with Crippen molar-refractivity contribution in [1.29, 1.82) is 0 Å². The Hall–Kier alpha value is -2.36. The van der Waals surface area contributed by atoms with Gasteiger partial charge < -0.3 is 14.5 Å². The summed E-state index contributed by atoms with van der Waals surface area (Å²) in [6.07, 6.45) is 1.80. The maximum Gasteiger partial charge on any atom is 0.251 e. The number of carbonyl (C=O) groups is 1. The number of rotatable bonds is 6. The van der Waals surface area contributed by atoms with Gasteiger partial charge in [0.1, 0.15) is 11.5 Å². The topological polar surface area (TPSA) is 92.1 Å². The highest BCUT2D eigenvalue weighted by Crippen LogP contribution is 2.34. The molecule has 0 radical (unpaired) electrons. The molecule has 1 fully saturated rings. The first-order valence-corrected chi connectivity index (χ1v) is 12.4. The second-order valence-corrected chi connectivity index (χ2v) is 10.1. The molecule has 0 saturated carbocycles. The van der Waals surface area contributed by atoms with Gasteiger partial charge in [-0.25, -0.2) is 8.42 Å². The van der Waals surface area contributed by atoms with Crippen molar-refractivity contribution in [2.24, 2.45) is 0 Å². The number of nitrogens with one attached hydrogen (secondary N) is 1. The number of furan rings is 1. The van der Waals surface area contributed by atoms with Crippen molar-refractivity contribution in [1.82, 2.24) is 10.2 Å². The molecular weight excluding hydrogens is 418 g/mol. The van der Waals surface area contributed by atoms with Crippen LogP contribution < -0.4 is 9.62 Å². The highest BCUT2D eigenvalue weighted by Gasteiger charge is 2.33. The maximum absolute atomic E-state index is 12.9. The van der Waals surface area contributed by atoms with Gasteiger partial charge in [0.25, 0.3) is 5.91 Å². The third kappa shape index (κ3) is 4.63. The van der Waals surface area contributed by atoms with Crippen molar-refractivity contribution in [3.8, 4) is 0 Å². The number of benzene rings is 1. The Morgan fingerprint density at radius 3 is 2.61 bits per heavy atom. The molecule has 4 rings (SSSR count). The van der Waals surface area contributed by atoms with Crippen molar-refractivity contribution in [2.75, 3.05) is 43.4 Å². The monoisotopic (exact) mass is 447 g/mol. The largest absolute Gasteiger partial charge is 0.465 e. The maximum atomic E-state index is 12.9. The van der Waals surface area contributed by atoms with Gasteiger partial charge >= 0.3 is 0 Å². The van der Waals surface area contributed by atoms with E-state index in [-0.39, 0.29) is 18.0 Å². The van der Waals surface area contributed by atoms with E-state index in [9.17, 15) is 13.2 Å². The SMILES string of the molecule is Cc1ccc([C@@H](CNC(=O)c2ccc3c(c2)C[C@H](C)N3S(C)(=O)=O)N2CCOCC2)o1. The third-order valence-corrected chi connectivity index (χ3v) is 7.16. The molecule has 1 saturated heterocycles. The van der Waals surface area contributed by atoms with Gasteiger partial charge in [-0.05, 0) is 56.2 Å². The number of hydrogen-bond acceptors (Lipinski definition) is 6. The Kier molecular flexibility index (Phi) is 6.09. The molecule has 31 heavy (non-hydrogen) atoms. The fourth-order valence-electron chi connectivity index (χ4n) is 4.47. The molecule has 1 aromatic heterocycles. The van der Waals surface area contributed by atoms with Gasteiger partial charge in [-0.1, -0.05) is 0 Å².